The van der Waals surface area contributed by atoms with E-state index in [2.05, 4.69) is 5.32 Å². The number of rotatable bonds is 6. The number of aryl methyl sites for hydroxylation is 1. The molecule has 2 aromatic carbocycles. The van der Waals surface area contributed by atoms with Crippen LogP contribution >= 0.6 is 0 Å². The number of fused-ring (bicyclic) bond motifs is 1. The number of aromatic nitrogens is 1. The van der Waals surface area contributed by atoms with Crippen molar-refractivity contribution in [1.29, 1.82) is 0 Å². The highest BCUT2D eigenvalue weighted by Gasteiger charge is 2.11. The number of oxazole rings is 1. The van der Waals surface area contributed by atoms with Gasteiger partial charge in [-0.2, -0.15) is 0 Å². The maximum atomic E-state index is 12.9. The summed E-state index contributed by atoms with van der Waals surface area (Å²) in [6.45, 7) is 2.26. The molecule has 1 atom stereocenters. The van der Waals surface area contributed by atoms with E-state index in [-0.39, 0.29) is 24.2 Å². The summed E-state index contributed by atoms with van der Waals surface area (Å²) < 4.78 is 19.6. The maximum Gasteiger partial charge on any atom is 0.419 e. The Morgan fingerprint density at radius 1 is 1.20 bits per heavy atom. The molecule has 0 saturated carbocycles. The number of hydrogen-bond donors (Lipinski definition) is 1. The fourth-order valence-corrected chi connectivity index (χ4v) is 2.77. The van der Waals surface area contributed by atoms with Crippen LogP contribution in [0.4, 0.5) is 4.39 Å². The Hall–Kier alpha value is -2.89. The fraction of sp³-hybridized carbons (Fsp3) is 0.263. The van der Waals surface area contributed by atoms with Crippen LogP contribution < -0.4 is 11.1 Å². The molecule has 1 heterocycles. The van der Waals surface area contributed by atoms with Gasteiger partial charge in [0.25, 0.3) is 0 Å². The number of carbonyl (C=O) groups excluding carboxylic acids is 1. The minimum absolute atomic E-state index is 0.113. The van der Waals surface area contributed by atoms with Gasteiger partial charge in [-0.3, -0.25) is 9.36 Å². The predicted molar refractivity (Wildman–Crippen MR) is 92.7 cm³/mol. The summed E-state index contributed by atoms with van der Waals surface area (Å²) in [5.41, 5.74) is 2.11. The van der Waals surface area contributed by atoms with Crippen molar-refractivity contribution in [2.45, 2.75) is 32.4 Å². The summed E-state index contributed by atoms with van der Waals surface area (Å²) in [5, 5.41) is 2.88. The van der Waals surface area contributed by atoms with Gasteiger partial charge in [-0.05, 0) is 43.2 Å². The first kappa shape index (κ1) is 17.0. The molecule has 1 N–H and O–H groups in total. The van der Waals surface area contributed by atoms with Crippen LogP contribution in [0.1, 0.15) is 31.4 Å². The molecule has 0 fully saturated rings. The zero-order valence-corrected chi connectivity index (χ0v) is 13.9. The monoisotopic (exact) mass is 342 g/mol. The second-order valence-corrected chi connectivity index (χ2v) is 5.93. The van der Waals surface area contributed by atoms with Gasteiger partial charge in [0.15, 0.2) is 5.58 Å². The molecule has 6 heteroatoms. The lowest BCUT2D eigenvalue weighted by Gasteiger charge is -2.14. The Kier molecular flexibility index (Phi) is 4.97. The molecule has 0 spiro atoms. The van der Waals surface area contributed by atoms with Crippen molar-refractivity contribution in [3.8, 4) is 0 Å². The van der Waals surface area contributed by atoms with Crippen LogP contribution in [-0.2, 0) is 11.3 Å². The number of para-hydroxylation sites is 2. The van der Waals surface area contributed by atoms with Gasteiger partial charge in [-0.15, -0.1) is 0 Å². The van der Waals surface area contributed by atoms with E-state index < -0.39 is 5.76 Å². The molecule has 0 bridgehead atoms. The van der Waals surface area contributed by atoms with Crippen LogP contribution in [0.3, 0.4) is 0 Å². The zero-order valence-electron chi connectivity index (χ0n) is 13.9. The third-order valence-corrected chi connectivity index (χ3v) is 4.11. The van der Waals surface area contributed by atoms with E-state index in [0.29, 0.717) is 18.5 Å². The molecule has 3 aromatic rings. The lowest BCUT2D eigenvalue weighted by molar-refractivity contribution is -0.121. The quantitative estimate of drug-likeness (QED) is 0.747. The van der Waals surface area contributed by atoms with Crippen molar-refractivity contribution in [2.75, 3.05) is 0 Å². The number of halogens is 1. The fourth-order valence-electron chi connectivity index (χ4n) is 2.77. The van der Waals surface area contributed by atoms with Crippen molar-refractivity contribution >= 4 is 17.0 Å². The molecule has 1 aromatic heterocycles. The Balaban J connectivity index is 1.54. The molecule has 0 aliphatic carbocycles. The Morgan fingerprint density at radius 3 is 2.68 bits per heavy atom. The first-order valence-corrected chi connectivity index (χ1v) is 8.18. The molecule has 0 aliphatic rings. The first-order valence-electron chi connectivity index (χ1n) is 8.18. The minimum Gasteiger partial charge on any atom is -0.408 e. The van der Waals surface area contributed by atoms with Gasteiger partial charge < -0.3 is 9.73 Å². The average molecular weight is 342 g/mol. The third-order valence-electron chi connectivity index (χ3n) is 4.11. The molecule has 0 unspecified atom stereocenters. The average Bonchev–Trinajstić information content (AvgIpc) is 2.91. The first-order chi connectivity index (χ1) is 12.0. The van der Waals surface area contributed by atoms with Crippen LogP contribution in [0.15, 0.2) is 57.7 Å². The highest BCUT2D eigenvalue weighted by atomic mass is 19.1. The molecule has 5 nitrogen and oxygen atoms in total. The van der Waals surface area contributed by atoms with E-state index in [1.54, 1.807) is 24.3 Å². The molecule has 3 rings (SSSR count). The van der Waals surface area contributed by atoms with E-state index in [4.69, 9.17) is 4.42 Å². The third kappa shape index (κ3) is 3.96. The van der Waals surface area contributed by atoms with Gasteiger partial charge in [0.1, 0.15) is 5.82 Å². The highest BCUT2D eigenvalue weighted by Crippen LogP contribution is 2.14. The number of hydrogen-bond acceptors (Lipinski definition) is 3. The highest BCUT2D eigenvalue weighted by molar-refractivity contribution is 5.76. The van der Waals surface area contributed by atoms with Crippen molar-refractivity contribution in [3.63, 3.8) is 0 Å². The normalized spacial score (nSPS) is 12.2. The molecule has 0 aliphatic heterocycles. The van der Waals surface area contributed by atoms with E-state index in [1.807, 2.05) is 19.1 Å². The van der Waals surface area contributed by atoms with Crippen molar-refractivity contribution in [2.24, 2.45) is 0 Å². The van der Waals surface area contributed by atoms with Gasteiger partial charge in [0.05, 0.1) is 11.6 Å². The lowest BCUT2D eigenvalue weighted by Crippen LogP contribution is -2.27. The smallest absolute Gasteiger partial charge is 0.408 e. The van der Waals surface area contributed by atoms with Gasteiger partial charge in [0, 0.05) is 13.0 Å². The lowest BCUT2D eigenvalue weighted by atomic mass is 10.1. The van der Waals surface area contributed by atoms with Crippen LogP contribution in [-0.4, -0.2) is 10.5 Å². The molecule has 130 valence electrons. The van der Waals surface area contributed by atoms with Crippen molar-refractivity contribution in [1.82, 2.24) is 9.88 Å². The Morgan fingerprint density at radius 2 is 1.92 bits per heavy atom. The van der Waals surface area contributed by atoms with Crippen LogP contribution in [0, 0.1) is 5.82 Å². The SMILES string of the molecule is C[C@@H](NC(=O)CCCn1c(=O)oc2ccccc21)c1ccc(F)cc1. The Bertz CT molecular complexity index is 928. The zero-order chi connectivity index (χ0) is 17.8. The standard InChI is InChI=1S/C19H19FN2O3/c1-13(14-8-10-15(20)11-9-14)21-18(23)7-4-12-22-16-5-2-3-6-17(16)25-19(22)24/h2-3,5-6,8-11,13H,4,7,12H2,1H3,(H,21,23)/t13-/m1/s1. The summed E-state index contributed by atoms with van der Waals surface area (Å²) in [6.07, 6.45) is 0.808. The van der Waals surface area contributed by atoms with E-state index in [1.165, 1.54) is 16.7 Å². The predicted octanol–water partition coefficient (Wildman–Crippen LogP) is 3.39. The second kappa shape index (κ2) is 7.34. The van der Waals surface area contributed by atoms with Crippen molar-refractivity contribution < 1.29 is 13.6 Å². The Labute approximate surface area is 144 Å². The molecular formula is C19H19FN2O3. The van der Waals surface area contributed by atoms with Gasteiger partial charge >= 0.3 is 5.76 Å². The molecule has 0 radical (unpaired) electrons. The van der Waals surface area contributed by atoms with Gasteiger partial charge in [0.2, 0.25) is 5.91 Å². The number of nitrogens with zero attached hydrogens (tertiary/aromatic N) is 1. The van der Waals surface area contributed by atoms with Crippen LogP contribution in [0.5, 0.6) is 0 Å². The summed E-state index contributed by atoms with van der Waals surface area (Å²) in [7, 11) is 0. The summed E-state index contributed by atoms with van der Waals surface area (Å²) in [6, 6.07) is 13.0. The summed E-state index contributed by atoms with van der Waals surface area (Å²) in [4.78, 5) is 23.9. The largest absolute Gasteiger partial charge is 0.419 e. The number of nitrogens with one attached hydrogen (secondary N) is 1. The van der Waals surface area contributed by atoms with Crippen LogP contribution in [0.25, 0.3) is 11.1 Å². The van der Waals surface area contributed by atoms with E-state index in [9.17, 15) is 14.0 Å². The van der Waals surface area contributed by atoms with Crippen LogP contribution in [0.2, 0.25) is 0 Å². The number of benzene rings is 2. The molecular weight excluding hydrogens is 323 g/mol. The summed E-state index contributed by atoms with van der Waals surface area (Å²) >= 11 is 0. The van der Waals surface area contributed by atoms with Gasteiger partial charge in [-0.25, -0.2) is 9.18 Å². The minimum atomic E-state index is -0.415. The maximum absolute atomic E-state index is 12.9. The topological polar surface area (TPSA) is 64.2 Å². The molecule has 0 saturated heterocycles. The number of amides is 1. The van der Waals surface area contributed by atoms with Crippen molar-refractivity contribution in [3.05, 3.63) is 70.5 Å². The summed E-state index contributed by atoms with van der Waals surface area (Å²) in [5.74, 6) is -0.834. The second-order valence-electron chi connectivity index (χ2n) is 5.93. The number of carbonyl (C=O) groups is 1. The van der Waals surface area contributed by atoms with E-state index in [0.717, 1.165) is 11.1 Å². The molecule has 1 amide bonds. The van der Waals surface area contributed by atoms with E-state index >= 15 is 0 Å². The van der Waals surface area contributed by atoms with Gasteiger partial charge in [-0.1, -0.05) is 24.3 Å². The molecule has 25 heavy (non-hydrogen) atoms.